The number of imidazole rings is 1. The third-order valence-electron chi connectivity index (χ3n) is 4.28. The van der Waals surface area contributed by atoms with Gasteiger partial charge in [-0.25, -0.2) is 4.98 Å². The summed E-state index contributed by atoms with van der Waals surface area (Å²) in [4.78, 5) is 18.7. The third-order valence-corrected chi connectivity index (χ3v) is 4.28. The molecule has 6 heteroatoms. The molecule has 22 heavy (non-hydrogen) atoms. The van der Waals surface area contributed by atoms with Crippen molar-refractivity contribution in [1.82, 2.24) is 14.5 Å². The largest absolute Gasteiger partial charge is 0.328 e. The molecule has 6 nitrogen and oxygen atoms in total. The maximum Gasteiger partial charge on any atom is 0.242 e. The Bertz CT molecular complexity index is 490. The van der Waals surface area contributed by atoms with E-state index < -0.39 is 6.04 Å². The summed E-state index contributed by atoms with van der Waals surface area (Å²) in [6.07, 6.45) is 7.84. The van der Waals surface area contributed by atoms with E-state index in [1.54, 1.807) is 6.33 Å². The van der Waals surface area contributed by atoms with Gasteiger partial charge in [-0.05, 0) is 46.2 Å². The molecule has 1 aromatic rings. The summed E-state index contributed by atoms with van der Waals surface area (Å²) in [5.41, 5.74) is 5.77. The quantitative estimate of drug-likeness (QED) is 0.805. The lowest BCUT2D eigenvalue weighted by Crippen LogP contribution is -2.39. The second-order valence-electron chi connectivity index (χ2n) is 6.85. The highest BCUT2D eigenvalue weighted by atomic mass is 16.2. The van der Waals surface area contributed by atoms with Gasteiger partial charge in [-0.3, -0.25) is 4.79 Å². The van der Waals surface area contributed by atoms with Crippen LogP contribution in [0.3, 0.4) is 0 Å². The van der Waals surface area contributed by atoms with E-state index in [-0.39, 0.29) is 11.4 Å². The fourth-order valence-corrected chi connectivity index (χ4v) is 2.95. The van der Waals surface area contributed by atoms with Gasteiger partial charge in [-0.2, -0.15) is 0 Å². The number of likely N-dealkylation sites (tertiary alicyclic amines) is 1. The van der Waals surface area contributed by atoms with Gasteiger partial charge in [-0.15, -0.1) is 0 Å². The number of hydrogen-bond donors (Lipinski definition) is 2. The van der Waals surface area contributed by atoms with Crippen LogP contribution in [0.25, 0.3) is 0 Å². The van der Waals surface area contributed by atoms with Crippen molar-refractivity contribution in [2.45, 2.75) is 58.0 Å². The smallest absolute Gasteiger partial charge is 0.242 e. The highest BCUT2D eigenvalue weighted by molar-refractivity contribution is 5.93. The van der Waals surface area contributed by atoms with Gasteiger partial charge < -0.3 is 20.5 Å². The molecule has 1 aromatic heterocycles. The van der Waals surface area contributed by atoms with E-state index in [0.29, 0.717) is 12.2 Å². The minimum Gasteiger partial charge on any atom is -0.328 e. The van der Waals surface area contributed by atoms with Crippen molar-refractivity contribution in [3.05, 3.63) is 12.5 Å². The molecule has 1 fully saturated rings. The molecule has 0 aromatic carbocycles. The van der Waals surface area contributed by atoms with Crippen LogP contribution < -0.4 is 11.1 Å². The first-order valence-electron chi connectivity index (χ1n) is 8.25. The summed E-state index contributed by atoms with van der Waals surface area (Å²) in [6, 6.07) is -0.465. The van der Waals surface area contributed by atoms with Crippen LogP contribution in [0.5, 0.6) is 0 Å². The molecular weight excluding hydrogens is 278 g/mol. The Morgan fingerprint density at radius 3 is 2.77 bits per heavy atom. The Labute approximate surface area is 133 Å². The number of nitrogens with zero attached hydrogens (tertiary/aromatic N) is 3. The van der Waals surface area contributed by atoms with E-state index in [1.165, 1.54) is 25.9 Å². The number of nitrogens with one attached hydrogen (secondary N) is 1. The highest BCUT2D eigenvalue weighted by Crippen LogP contribution is 2.21. The Kier molecular flexibility index (Phi) is 5.58. The lowest BCUT2D eigenvalue weighted by molar-refractivity contribution is -0.117. The predicted octanol–water partition coefficient (Wildman–Crippen LogP) is 1.78. The molecule has 0 aliphatic carbocycles. The molecule has 1 amide bonds. The lowest BCUT2D eigenvalue weighted by atomic mass is 10.1. The molecule has 0 spiro atoms. The highest BCUT2D eigenvalue weighted by Gasteiger charge is 2.26. The summed E-state index contributed by atoms with van der Waals surface area (Å²) >= 11 is 0. The number of amides is 1. The Balaban J connectivity index is 1.96. The average molecular weight is 307 g/mol. The van der Waals surface area contributed by atoms with E-state index in [2.05, 4.69) is 33.6 Å². The first kappa shape index (κ1) is 17.0. The molecule has 1 atom stereocenters. The predicted molar refractivity (Wildman–Crippen MR) is 88.7 cm³/mol. The molecule has 0 radical (unpaired) electrons. The topological polar surface area (TPSA) is 76.2 Å². The van der Waals surface area contributed by atoms with Gasteiger partial charge in [0.05, 0.1) is 17.9 Å². The van der Waals surface area contributed by atoms with Crippen LogP contribution in [0.1, 0.15) is 46.5 Å². The van der Waals surface area contributed by atoms with E-state index >= 15 is 0 Å². The standard InChI is InChI=1S/C16H29N5O/c1-4-7-13(17)15(22)19-14-10-21(12-18-14)16(2,3)11-20-8-5-6-9-20/h10,12-13H,4-9,11,17H2,1-3H3,(H,19,22)/t13-/m0/s1. The number of carbonyl (C=O) groups excluding carboxylic acids is 1. The first-order valence-corrected chi connectivity index (χ1v) is 8.25. The van der Waals surface area contributed by atoms with Crippen molar-refractivity contribution >= 4 is 11.7 Å². The van der Waals surface area contributed by atoms with Gasteiger partial charge in [0.2, 0.25) is 5.91 Å². The molecule has 1 aliphatic rings. The fourth-order valence-electron chi connectivity index (χ4n) is 2.95. The fraction of sp³-hybridized carbons (Fsp3) is 0.750. The van der Waals surface area contributed by atoms with E-state index in [9.17, 15) is 4.79 Å². The van der Waals surface area contributed by atoms with Crippen molar-refractivity contribution < 1.29 is 4.79 Å². The van der Waals surface area contributed by atoms with Gasteiger partial charge in [0, 0.05) is 12.7 Å². The number of carbonyl (C=O) groups is 1. The van der Waals surface area contributed by atoms with E-state index in [1.807, 2.05) is 13.1 Å². The van der Waals surface area contributed by atoms with Crippen LogP contribution in [0.15, 0.2) is 12.5 Å². The average Bonchev–Trinajstić information content (AvgIpc) is 3.10. The first-order chi connectivity index (χ1) is 10.4. The minimum absolute atomic E-state index is 0.0497. The number of nitrogens with two attached hydrogens (primary N) is 1. The van der Waals surface area contributed by atoms with Crippen LogP contribution in [0.2, 0.25) is 0 Å². The molecule has 1 aliphatic heterocycles. The van der Waals surface area contributed by atoms with Crippen molar-refractivity contribution in [2.75, 3.05) is 25.0 Å². The Morgan fingerprint density at radius 2 is 2.14 bits per heavy atom. The molecule has 0 unspecified atom stereocenters. The summed E-state index contributed by atoms with van der Waals surface area (Å²) in [6.45, 7) is 9.75. The maximum atomic E-state index is 11.9. The minimum atomic E-state index is -0.465. The van der Waals surface area contributed by atoms with Gasteiger partial charge in [0.1, 0.15) is 0 Å². The SMILES string of the molecule is CCC[C@H](N)C(=O)Nc1cn(C(C)(C)CN2CCCC2)cn1. The second kappa shape index (κ2) is 7.24. The van der Waals surface area contributed by atoms with Gasteiger partial charge in [0.25, 0.3) is 0 Å². The maximum absolute atomic E-state index is 11.9. The molecule has 2 heterocycles. The van der Waals surface area contributed by atoms with Crippen molar-refractivity contribution in [1.29, 1.82) is 0 Å². The molecule has 0 bridgehead atoms. The zero-order valence-electron chi connectivity index (χ0n) is 14.0. The molecule has 124 valence electrons. The van der Waals surface area contributed by atoms with Crippen LogP contribution in [0.4, 0.5) is 5.82 Å². The summed E-state index contributed by atoms with van der Waals surface area (Å²) < 4.78 is 2.08. The van der Waals surface area contributed by atoms with E-state index in [4.69, 9.17) is 5.73 Å². The van der Waals surface area contributed by atoms with Crippen LogP contribution in [-0.2, 0) is 10.3 Å². The van der Waals surface area contributed by atoms with Crippen LogP contribution in [-0.4, -0.2) is 46.0 Å². The number of rotatable bonds is 7. The van der Waals surface area contributed by atoms with E-state index in [0.717, 1.165) is 13.0 Å². The molecule has 2 rings (SSSR count). The van der Waals surface area contributed by atoms with Gasteiger partial charge in [-0.1, -0.05) is 13.3 Å². The number of hydrogen-bond acceptors (Lipinski definition) is 4. The zero-order chi connectivity index (χ0) is 16.2. The third kappa shape index (κ3) is 4.30. The van der Waals surface area contributed by atoms with Crippen molar-refractivity contribution in [3.63, 3.8) is 0 Å². The molecular formula is C16H29N5O. The summed E-state index contributed by atoms with van der Waals surface area (Å²) in [5.74, 6) is 0.412. The molecule has 0 saturated carbocycles. The van der Waals surface area contributed by atoms with Crippen LogP contribution >= 0.6 is 0 Å². The van der Waals surface area contributed by atoms with Crippen LogP contribution in [0, 0.1) is 0 Å². The normalized spacial score (nSPS) is 17.6. The Morgan fingerprint density at radius 1 is 1.45 bits per heavy atom. The van der Waals surface area contributed by atoms with Gasteiger partial charge in [0.15, 0.2) is 5.82 Å². The second-order valence-corrected chi connectivity index (χ2v) is 6.85. The molecule has 3 N–H and O–H groups in total. The van der Waals surface area contributed by atoms with Crippen molar-refractivity contribution in [3.8, 4) is 0 Å². The van der Waals surface area contributed by atoms with Crippen molar-refractivity contribution in [2.24, 2.45) is 5.73 Å². The number of anilines is 1. The Hall–Kier alpha value is -1.40. The summed E-state index contributed by atoms with van der Waals surface area (Å²) in [7, 11) is 0. The van der Waals surface area contributed by atoms with Gasteiger partial charge >= 0.3 is 0 Å². The monoisotopic (exact) mass is 307 g/mol. The lowest BCUT2D eigenvalue weighted by Gasteiger charge is -2.31. The number of aromatic nitrogens is 2. The zero-order valence-corrected chi connectivity index (χ0v) is 14.0. The molecule has 1 saturated heterocycles. The summed E-state index contributed by atoms with van der Waals surface area (Å²) in [5, 5.41) is 2.80.